The van der Waals surface area contributed by atoms with Gasteiger partial charge in [0.1, 0.15) is 16.8 Å². The molecule has 8 nitrogen and oxygen atoms in total. The summed E-state index contributed by atoms with van der Waals surface area (Å²) in [5.41, 5.74) is -3.93. The summed E-state index contributed by atoms with van der Waals surface area (Å²) in [7, 11) is 0. The summed E-state index contributed by atoms with van der Waals surface area (Å²) in [5, 5.41) is 0. The number of ether oxygens (including phenoxy) is 5. The highest BCUT2D eigenvalue weighted by Gasteiger charge is 2.69. The molecule has 0 aromatic rings. The fraction of sp³-hybridized carbons (Fsp3) is 0.885. The maximum atomic E-state index is 13.1. The van der Waals surface area contributed by atoms with E-state index in [4.69, 9.17) is 23.7 Å². The van der Waals surface area contributed by atoms with Crippen LogP contribution in [0.25, 0.3) is 0 Å². The molecule has 4 aliphatic rings. The second kappa shape index (κ2) is 8.38. The van der Waals surface area contributed by atoms with Crippen molar-refractivity contribution in [1.29, 1.82) is 0 Å². The average molecular weight is 483 g/mol. The van der Waals surface area contributed by atoms with Crippen LogP contribution in [0.1, 0.15) is 107 Å². The van der Waals surface area contributed by atoms with Crippen molar-refractivity contribution in [3.8, 4) is 0 Å². The van der Waals surface area contributed by atoms with Crippen molar-refractivity contribution in [3.63, 3.8) is 0 Å². The van der Waals surface area contributed by atoms with Crippen LogP contribution in [0.15, 0.2) is 0 Å². The average Bonchev–Trinajstić information content (AvgIpc) is 2.55. The Morgan fingerprint density at radius 3 is 2.03 bits per heavy atom. The van der Waals surface area contributed by atoms with E-state index in [1.807, 2.05) is 41.5 Å². The Balaban J connectivity index is 1.92. The molecule has 2 aliphatic heterocycles. The minimum Gasteiger partial charge on any atom is -0.460 e. The van der Waals surface area contributed by atoms with Gasteiger partial charge < -0.3 is 23.7 Å². The fourth-order valence-corrected chi connectivity index (χ4v) is 5.61. The van der Waals surface area contributed by atoms with Crippen molar-refractivity contribution >= 4 is 18.1 Å². The highest BCUT2D eigenvalue weighted by molar-refractivity contribution is 5.76. The van der Waals surface area contributed by atoms with Gasteiger partial charge in [0, 0.05) is 12.8 Å². The number of carbonyl (C=O) groups is 3. The largest absolute Gasteiger partial charge is 0.509 e. The molecule has 0 aromatic heterocycles. The van der Waals surface area contributed by atoms with Crippen LogP contribution in [0.5, 0.6) is 0 Å². The minimum atomic E-state index is -1.26. The summed E-state index contributed by atoms with van der Waals surface area (Å²) in [4.78, 5) is 38.6. The highest BCUT2D eigenvalue weighted by Crippen LogP contribution is 2.62. The van der Waals surface area contributed by atoms with Crippen LogP contribution in [0, 0.1) is 11.3 Å². The van der Waals surface area contributed by atoms with Crippen molar-refractivity contribution in [2.45, 2.75) is 135 Å². The summed E-state index contributed by atoms with van der Waals surface area (Å²) >= 11 is 0. The SMILES string of the molecule is CCC(C)(C)C(=O)OC12CC3CC(OC(=O)OC(C)(C)C)(CC(CC(=O)OC(C)(C)C)(C3)O1)C2. The Morgan fingerprint density at radius 1 is 0.853 bits per heavy atom. The van der Waals surface area contributed by atoms with Gasteiger partial charge in [0.15, 0.2) is 0 Å². The summed E-state index contributed by atoms with van der Waals surface area (Å²) in [5.74, 6) is -1.94. The van der Waals surface area contributed by atoms with E-state index >= 15 is 0 Å². The zero-order chi connectivity index (χ0) is 25.8. The van der Waals surface area contributed by atoms with E-state index in [9.17, 15) is 14.4 Å². The van der Waals surface area contributed by atoms with E-state index in [1.165, 1.54) is 0 Å². The summed E-state index contributed by atoms with van der Waals surface area (Å²) in [6, 6.07) is 0. The van der Waals surface area contributed by atoms with Crippen molar-refractivity contribution < 1.29 is 38.1 Å². The maximum Gasteiger partial charge on any atom is 0.509 e. The van der Waals surface area contributed by atoms with Gasteiger partial charge in [0.25, 0.3) is 0 Å². The monoisotopic (exact) mass is 482 g/mol. The number of hydrogen-bond donors (Lipinski definition) is 0. The Morgan fingerprint density at radius 2 is 1.47 bits per heavy atom. The second-order valence-electron chi connectivity index (χ2n) is 13.2. The van der Waals surface area contributed by atoms with Crippen LogP contribution in [-0.4, -0.2) is 46.3 Å². The highest BCUT2D eigenvalue weighted by atomic mass is 16.8. The standard InChI is InChI=1S/C26H42O8/c1-10-23(8,9)19(28)31-26-13-17-11-24(34-26,14-18(27)30-21(2,3)4)15-25(12-17,16-26)33-20(29)32-22(5,6)7/h17H,10-16H2,1-9H3. The third kappa shape index (κ3) is 6.04. The number of esters is 2. The van der Waals surface area contributed by atoms with Gasteiger partial charge in [0.05, 0.1) is 23.9 Å². The Labute approximate surface area is 203 Å². The van der Waals surface area contributed by atoms with E-state index in [2.05, 4.69) is 0 Å². The lowest BCUT2D eigenvalue weighted by atomic mass is 9.57. The number of carbonyl (C=O) groups excluding carboxylic acids is 3. The molecule has 2 aliphatic carbocycles. The van der Waals surface area contributed by atoms with Crippen molar-refractivity contribution in [2.24, 2.45) is 11.3 Å². The molecule has 0 spiro atoms. The molecule has 2 saturated carbocycles. The van der Waals surface area contributed by atoms with Gasteiger partial charge in [-0.25, -0.2) is 4.79 Å². The molecular formula is C26H42O8. The van der Waals surface area contributed by atoms with Gasteiger partial charge in [-0.3, -0.25) is 9.59 Å². The first kappa shape index (κ1) is 26.8. The van der Waals surface area contributed by atoms with Crippen LogP contribution in [0.2, 0.25) is 0 Å². The number of hydrogen-bond acceptors (Lipinski definition) is 8. The predicted octanol–water partition coefficient (Wildman–Crippen LogP) is 5.45. The minimum absolute atomic E-state index is 0.00330. The maximum absolute atomic E-state index is 13.1. The summed E-state index contributed by atoms with van der Waals surface area (Å²) in [6.07, 6.45) is 2.11. The third-order valence-corrected chi connectivity index (χ3v) is 6.85. The lowest BCUT2D eigenvalue weighted by Crippen LogP contribution is -2.70. The van der Waals surface area contributed by atoms with Gasteiger partial charge in [0.2, 0.25) is 5.79 Å². The summed E-state index contributed by atoms with van der Waals surface area (Å²) in [6.45, 7) is 16.4. The first-order valence-electron chi connectivity index (χ1n) is 12.4. The molecule has 2 saturated heterocycles. The zero-order valence-corrected chi connectivity index (χ0v) is 22.3. The summed E-state index contributed by atoms with van der Waals surface area (Å²) < 4.78 is 29.6. The van der Waals surface area contributed by atoms with E-state index < -0.39 is 45.7 Å². The quantitative estimate of drug-likeness (QED) is 0.364. The van der Waals surface area contributed by atoms with Gasteiger partial charge in [-0.2, -0.15) is 0 Å². The number of rotatable bonds is 6. The molecule has 4 fully saturated rings. The Bertz CT molecular complexity index is 785. The van der Waals surface area contributed by atoms with E-state index in [1.54, 1.807) is 20.8 Å². The van der Waals surface area contributed by atoms with Crippen molar-refractivity contribution in [3.05, 3.63) is 0 Å². The molecule has 4 atom stereocenters. The fourth-order valence-electron chi connectivity index (χ4n) is 5.61. The molecule has 0 N–H and O–H groups in total. The zero-order valence-electron chi connectivity index (χ0n) is 22.3. The van der Waals surface area contributed by atoms with Crippen LogP contribution in [-0.2, 0) is 33.3 Å². The van der Waals surface area contributed by atoms with E-state index in [0.717, 1.165) is 0 Å². The topological polar surface area (TPSA) is 97.4 Å². The van der Waals surface area contributed by atoms with Crippen LogP contribution < -0.4 is 0 Å². The molecule has 194 valence electrons. The van der Waals surface area contributed by atoms with Crippen LogP contribution >= 0.6 is 0 Å². The lowest BCUT2D eigenvalue weighted by molar-refractivity contribution is -0.384. The molecule has 4 rings (SSSR count). The van der Waals surface area contributed by atoms with Crippen LogP contribution in [0.4, 0.5) is 4.79 Å². The van der Waals surface area contributed by atoms with Crippen molar-refractivity contribution in [1.82, 2.24) is 0 Å². The van der Waals surface area contributed by atoms with Gasteiger partial charge in [-0.05, 0) is 80.6 Å². The predicted molar refractivity (Wildman–Crippen MR) is 124 cm³/mol. The normalized spacial score (nSPS) is 32.8. The van der Waals surface area contributed by atoms with Gasteiger partial charge >= 0.3 is 18.1 Å². The first-order valence-corrected chi connectivity index (χ1v) is 12.4. The molecule has 34 heavy (non-hydrogen) atoms. The second-order valence-corrected chi connectivity index (χ2v) is 13.2. The molecule has 8 heteroatoms. The van der Waals surface area contributed by atoms with E-state index in [-0.39, 0.29) is 24.7 Å². The third-order valence-electron chi connectivity index (χ3n) is 6.85. The van der Waals surface area contributed by atoms with Gasteiger partial charge in [-0.15, -0.1) is 0 Å². The van der Waals surface area contributed by atoms with Crippen LogP contribution in [0.3, 0.4) is 0 Å². The molecule has 0 amide bonds. The molecule has 0 radical (unpaired) electrons. The Kier molecular flexibility index (Phi) is 6.60. The first-order chi connectivity index (χ1) is 15.3. The van der Waals surface area contributed by atoms with Crippen molar-refractivity contribution in [2.75, 3.05) is 0 Å². The van der Waals surface area contributed by atoms with E-state index in [0.29, 0.717) is 32.1 Å². The van der Waals surface area contributed by atoms with Gasteiger partial charge in [-0.1, -0.05) is 6.92 Å². The Hall–Kier alpha value is -1.83. The molecule has 2 heterocycles. The molecular weight excluding hydrogens is 440 g/mol. The smallest absolute Gasteiger partial charge is 0.460 e. The lowest BCUT2D eigenvalue weighted by Gasteiger charge is -2.64. The molecule has 4 bridgehead atoms. The molecule has 4 unspecified atom stereocenters. The molecule has 0 aromatic carbocycles.